The molecule has 3 heterocycles. The van der Waals surface area contributed by atoms with Crippen LogP contribution in [0.25, 0.3) is 11.0 Å². The Morgan fingerprint density at radius 3 is 2.42 bits per heavy atom. The monoisotopic (exact) mass is 259 g/mol. The largest absolute Gasteiger partial charge is 0.512 e. The topological polar surface area (TPSA) is 73.2 Å². The molecule has 0 aromatic carbocycles. The molecule has 0 spiro atoms. The second-order valence-corrected chi connectivity index (χ2v) is 6.02. The van der Waals surface area contributed by atoms with Crippen LogP contribution in [0.1, 0.15) is 27.7 Å². The molecule has 0 amide bonds. The van der Waals surface area contributed by atoms with Gasteiger partial charge in [-0.05, 0) is 39.8 Å². The van der Waals surface area contributed by atoms with Gasteiger partial charge in [-0.3, -0.25) is 0 Å². The molecule has 1 saturated heterocycles. The number of aromatic amines is 1. The van der Waals surface area contributed by atoms with Gasteiger partial charge in [0.25, 0.3) is 0 Å². The number of anilines is 1. The Labute approximate surface area is 112 Å². The number of hydrogen-bond donors (Lipinski definition) is 2. The molecule has 3 N–H and O–H groups in total. The zero-order valence-electron chi connectivity index (χ0n) is 11.7. The number of pyridine rings is 1. The SMILES string of the molecule is CC1(C)OB(c2cc3cc(N)cnc3[nH]2)OC1(C)C. The van der Waals surface area contributed by atoms with E-state index in [1.54, 1.807) is 6.20 Å². The van der Waals surface area contributed by atoms with Crippen molar-refractivity contribution in [1.82, 2.24) is 9.97 Å². The lowest BCUT2D eigenvalue weighted by molar-refractivity contribution is 0.00578. The fourth-order valence-corrected chi connectivity index (χ4v) is 2.15. The highest BCUT2D eigenvalue weighted by Crippen LogP contribution is 2.36. The van der Waals surface area contributed by atoms with Gasteiger partial charge in [0.15, 0.2) is 0 Å². The predicted octanol–water partition coefficient (Wildman–Crippen LogP) is 1.44. The molecule has 3 rings (SSSR count). The maximum Gasteiger partial charge on any atom is 0.512 e. The van der Waals surface area contributed by atoms with Crippen LogP contribution in [0, 0.1) is 0 Å². The molecule has 1 aliphatic rings. The van der Waals surface area contributed by atoms with E-state index in [0.717, 1.165) is 16.6 Å². The van der Waals surface area contributed by atoms with Gasteiger partial charge in [0.05, 0.1) is 23.1 Å². The van der Waals surface area contributed by atoms with E-state index in [-0.39, 0.29) is 11.2 Å². The third-order valence-corrected chi connectivity index (χ3v) is 4.02. The summed E-state index contributed by atoms with van der Waals surface area (Å²) in [5.74, 6) is 0. The van der Waals surface area contributed by atoms with Gasteiger partial charge >= 0.3 is 7.12 Å². The molecule has 1 aliphatic heterocycles. The maximum atomic E-state index is 6.00. The first-order valence-corrected chi connectivity index (χ1v) is 6.38. The first-order valence-electron chi connectivity index (χ1n) is 6.38. The molecular formula is C13H18BN3O2. The Hall–Kier alpha value is -1.53. The van der Waals surface area contributed by atoms with Gasteiger partial charge in [-0.25, -0.2) is 4.98 Å². The number of H-pyrrole nitrogens is 1. The van der Waals surface area contributed by atoms with Gasteiger partial charge in [-0.2, -0.15) is 0 Å². The van der Waals surface area contributed by atoms with Crippen molar-refractivity contribution < 1.29 is 9.31 Å². The van der Waals surface area contributed by atoms with Crippen LogP contribution in [0.5, 0.6) is 0 Å². The Morgan fingerprint density at radius 1 is 1.16 bits per heavy atom. The highest BCUT2D eigenvalue weighted by atomic mass is 16.7. The summed E-state index contributed by atoms with van der Waals surface area (Å²) in [6.45, 7) is 8.13. The molecule has 6 heteroatoms. The first kappa shape index (κ1) is 12.5. The molecule has 5 nitrogen and oxygen atoms in total. The molecule has 0 aliphatic carbocycles. The van der Waals surface area contributed by atoms with E-state index in [1.165, 1.54) is 0 Å². The van der Waals surface area contributed by atoms with E-state index in [0.29, 0.717) is 5.69 Å². The zero-order chi connectivity index (χ0) is 13.8. The van der Waals surface area contributed by atoms with Gasteiger partial charge in [-0.1, -0.05) is 0 Å². The molecule has 1 fully saturated rings. The lowest BCUT2D eigenvalue weighted by atomic mass is 9.85. The molecule has 100 valence electrons. The molecule has 0 unspecified atom stereocenters. The summed E-state index contributed by atoms with van der Waals surface area (Å²) < 4.78 is 12.0. The van der Waals surface area contributed by atoms with E-state index in [2.05, 4.69) is 9.97 Å². The highest BCUT2D eigenvalue weighted by Gasteiger charge is 2.52. The van der Waals surface area contributed by atoms with Crippen molar-refractivity contribution >= 4 is 29.4 Å². The quantitative estimate of drug-likeness (QED) is 0.760. The first-order chi connectivity index (χ1) is 8.78. The summed E-state index contributed by atoms with van der Waals surface area (Å²) in [5.41, 5.74) is 7.35. The van der Waals surface area contributed by atoms with Crippen LogP contribution in [0.3, 0.4) is 0 Å². The molecule has 2 aromatic rings. The number of nitrogen functional groups attached to an aromatic ring is 1. The molecule has 19 heavy (non-hydrogen) atoms. The van der Waals surface area contributed by atoms with Crippen LogP contribution in [-0.2, 0) is 9.31 Å². The third-order valence-electron chi connectivity index (χ3n) is 4.02. The number of aromatic nitrogens is 2. The van der Waals surface area contributed by atoms with Crippen molar-refractivity contribution in [2.24, 2.45) is 0 Å². The Morgan fingerprint density at radius 2 is 1.79 bits per heavy atom. The molecular weight excluding hydrogens is 241 g/mol. The van der Waals surface area contributed by atoms with Crippen LogP contribution in [-0.4, -0.2) is 28.3 Å². The summed E-state index contributed by atoms with van der Waals surface area (Å²) >= 11 is 0. The fourth-order valence-electron chi connectivity index (χ4n) is 2.15. The zero-order valence-corrected chi connectivity index (χ0v) is 11.7. The van der Waals surface area contributed by atoms with Crippen molar-refractivity contribution in [2.45, 2.75) is 38.9 Å². The van der Waals surface area contributed by atoms with Crippen LogP contribution in [0.2, 0.25) is 0 Å². The van der Waals surface area contributed by atoms with E-state index < -0.39 is 7.12 Å². The normalized spacial score (nSPS) is 21.2. The molecule has 2 aromatic heterocycles. The summed E-state index contributed by atoms with van der Waals surface area (Å²) in [5, 5.41) is 0.963. The summed E-state index contributed by atoms with van der Waals surface area (Å²) in [6, 6.07) is 3.86. The van der Waals surface area contributed by atoms with Gasteiger partial charge in [0, 0.05) is 11.0 Å². The van der Waals surface area contributed by atoms with Gasteiger partial charge in [0.2, 0.25) is 0 Å². The maximum absolute atomic E-state index is 6.00. The highest BCUT2D eigenvalue weighted by molar-refractivity contribution is 6.61. The van der Waals surface area contributed by atoms with E-state index in [4.69, 9.17) is 15.0 Å². The predicted molar refractivity (Wildman–Crippen MR) is 76.2 cm³/mol. The average Bonchev–Trinajstić information content (AvgIpc) is 2.78. The fraction of sp³-hybridized carbons (Fsp3) is 0.462. The van der Waals surface area contributed by atoms with Crippen LogP contribution in [0.4, 0.5) is 5.69 Å². The minimum atomic E-state index is -0.402. The standard InChI is InChI=1S/C13H18BN3O2/c1-12(2)13(3,4)19-14(18-12)10-6-8-5-9(15)7-16-11(8)17-10/h5-7H,15H2,1-4H3,(H,16,17). The van der Waals surface area contributed by atoms with Gasteiger partial charge in [0.1, 0.15) is 5.65 Å². The number of nitrogens with zero attached hydrogens (tertiary/aromatic N) is 1. The minimum absolute atomic E-state index is 0.346. The number of nitrogens with two attached hydrogens (primary N) is 1. The van der Waals surface area contributed by atoms with Crippen LogP contribution < -0.4 is 11.3 Å². The molecule has 0 atom stereocenters. The summed E-state index contributed by atoms with van der Waals surface area (Å²) in [6.07, 6.45) is 1.63. The molecule has 0 bridgehead atoms. The number of nitrogens with one attached hydrogen (secondary N) is 1. The van der Waals surface area contributed by atoms with Gasteiger partial charge in [-0.15, -0.1) is 0 Å². The third kappa shape index (κ3) is 1.91. The van der Waals surface area contributed by atoms with Crippen molar-refractivity contribution in [3.05, 3.63) is 18.3 Å². The van der Waals surface area contributed by atoms with Gasteiger partial charge < -0.3 is 20.0 Å². The van der Waals surface area contributed by atoms with E-state index in [9.17, 15) is 0 Å². The second-order valence-electron chi connectivity index (χ2n) is 6.02. The molecule has 0 saturated carbocycles. The number of rotatable bonds is 1. The second kappa shape index (κ2) is 3.74. The Kier molecular flexibility index (Phi) is 2.46. The minimum Gasteiger partial charge on any atom is -0.398 e. The average molecular weight is 259 g/mol. The number of fused-ring (bicyclic) bond motifs is 1. The summed E-state index contributed by atoms with van der Waals surface area (Å²) in [4.78, 5) is 7.48. The van der Waals surface area contributed by atoms with E-state index >= 15 is 0 Å². The van der Waals surface area contributed by atoms with Crippen molar-refractivity contribution in [3.8, 4) is 0 Å². The molecule has 0 radical (unpaired) electrons. The lowest BCUT2D eigenvalue weighted by Gasteiger charge is -2.32. The van der Waals surface area contributed by atoms with Crippen LogP contribution >= 0.6 is 0 Å². The van der Waals surface area contributed by atoms with Crippen molar-refractivity contribution in [1.29, 1.82) is 0 Å². The van der Waals surface area contributed by atoms with Crippen molar-refractivity contribution in [2.75, 3.05) is 5.73 Å². The smallest absolute Gasteiger partial charge is 0.398 e. The van der Waals surface area contributed by atoms with Crippen molar-refractivity contribution in [3.63, 3.8) is 0 Å². The lowest BCUT2D eigenvalue weighted by Crippen LogP contribution is -2.41. The van der Waals surface area contributed by atoms with E-state index in [1.807, 2.05) is 39.8 Å². The Bertz CT molecular complexity index is 620. The summed E-state index contributed by atoms with van der Waals surface area (Å²) in [7, 11) is -0.402. The Balaban J connectivity index is 1.98. The number of hydrogen-bond acceptors (Lipinski definition) is 4. The van der Waals surface area contributed by atoms with Crippen LogP contribution in [0.15, 0.2) is 18.3 Å².